The number of aryl methyl sites for hydroxylation is 1. The number of allylic oxidation sites excluding steroid dienone is 2. The summed E-state index contributed by atoms with van der Waals surface area (Å²) < 4.78 is 41.3. The molecule has 2 heterocycles. The van der Waals surface area contributed by atoms with Gasteiger partial charge in [-0.25, -0.2) is 14.8 Å². The Morgan fingerprint density at radius 3 is 2.61 bits per heavy atom. The summed E-state index contributed by atoms with van der Waals surface area (Å²) in [5, 5.41) is 0. The van der Waals surface area contributed by atoms with E-state index in [1.54, 1.807) is 6.92 Å². The lowest BCUT2D eigenvalue weighted by atomic mass is 9.99. The minimum atomic E-state index is -4.53. The summed E-state index contributed by atoms with van der Waals surface area (Å²) in [6, 6.07) is -0.299. The second-order valence-electron chi connectivity index (χ2n) is 7.33. The SMILES string of the molecule is C/C=C(\c1c(C)ncnc1N1CCN(C(=O)OCC(F)(F)F)C(C)C1)C1CC1. The molecule has 0 spiro atoms. The molecule has 1 saturated carbocycles. The van der Waals surface area contributed by atoms with Crippen molar-refractivity contribution in [2.24, 2.45) is 5.92 Å². The fraction of sp³-hybridized carbons (Fsp3) is 0.632. The van der Waals surface area contributed by atoms with E-state index >= 15 is 0 Å². The van der Waals surface area contributed by atoms with E-state index in [1.807, 2.05) is 13.8 Å². The van der Waals surface area contributed by atoms with Crippen molar-refractivity contribution in [1.82, 2.24) is 14.9 Å². The molecule has 28 heavy (non-hydrogen) atoms. The van der Waals surface area contributed by atoms with E-state index < -0.39 is 18.9 Å². The first-order valence-corrected chi connectivity index (χ1v) is 9.44. The molecule has 1 unspecified atom stereocenters. The first-order chi connectivity index (χ1) is 13.2. The number of carbonyl (C=O) groups is 1. The standard InChI is InChI=1S/C19H25F3N4O2/c1-4-15(14-5-6-14)16-13(3)23-11-24-17(16)25-7-8-26(12(2)9-25)18(27)28-10-19(20,21)22/h4,11-12,14H,5-10H2,1-3H3/b15-4-. The number of hydrogen-bond donors (Lipinski definition) is 0. The minimum absolute atomic E-state index is 0.273. The predicted molar refractivity (Wildman–Crippen MR) is 98.9 cm³/mol. The molecule has 1 saturated heterocycles. The molecule has 1 aliphatic heterocycles. The Bertz CT molecular complexity index is 762. The van der Waals surface area contributed by atoms with Gasteiger partial charge in [0.05, 0.1) is 5.69 Å². The molecule has 154 valence electrons. The van der Waals surface area contributed by atoms with Crippen LogP contribution in [0, 0.1) is 12.8 Å². The van der Waals surface area contributed by atoms with Crippen molar-refractivity contribution >= 4 is 17.5 Å². The molecule has 1 aromatic rings. The average Bonchev–Trinajstić information content (AvgIpc) is 3.46. The second kappa shape index (κ2) is 7.97. The Morgan fingerprint density at radius 2 is 2.04 bits per heavy atom. The lowest BCUT2D eigenvalue weighted by molar-refractivity contribution is -0.162. The Kier molecular flexibility index (Phi) is 5.81. The zero-order valence-electron chi connectivity index (χ0n) is 16.3. The molecule has 9 heteroatoms. The summed E-state index contributed by atoms with van der Waals surface area (Å²) in [4.78, 5) is 24.3. The number of anilines is 1. The smallest absolute Gasteiger partial charge is 0.422 e. The zero-order chi connectivity index (χ0) is 20.5. The largest absolute Gasteiger partial charge is 0.440 e. The van der Waals surface area contributed by atoms with Gasteiger partial charge in [-0.3, -0.25) is 0 Å². The molecule has 0 bridgehead atoms. The highest BCUT2D eigenvalue weighted by molar-refractivity contribution is 5.78. The molecule has 3 rings (SSSR count). The number of rotatable bonds is 4. The molecule has 6 nitrogen and oxygen atoms in total. The maximum absolute atomic E-state index is 12.3. The summed E-state index contributed by atoms with van der Waals surface area (Å²) in [7, 11) is 0. The first kappa shape index (κ1) is 20.4. The number of halogens is 3. The maximum Gasteiger partial charge on any atom is 0.422 e. The fourth-order valence-corrected chi connectivity index (χ4v) is 3.67. The van der Waals surface area contributed by atoms with Crippen LogP contribution in [-0.2, 0) is 4.74 Å². The van der Waals surface area contributed by atoms with Gasteiger partial charge in [0.15, 0.2) is 6.61 Å². The summed E-state index contributed by atoms with van der Waals surface area (Å²) in [5.74, 6) is 1.35. The molecule has 0 N–H and O–H groups in total. The summed E-state index contributed by atoms with van der Waals surface area (Å²) >= 11 is 0. The van der Waals surface area contributed by atoms with Gasteiger partial charge in [0.25, 0.3) is 0 Å². The van der Waals surface area contributed by atoms with E-state index in [1.165, 1.54) is 16.8 Å². The zero-order valence-corrected chi connectivity index (χ0v) is 16.3. The number of carbonyl (C=O) groups excluding carboxylic acids is 1. The summed E-state index contributed by atoms with van der Waals surface area (Å²) in [5.41, 5.74) is 3.19. The van der Waals surface area contributed by atoms with Crippen LogP contribution in [0.1, 0.15) is 37.9 Å². The third kappa shape index (κ3) is 4.56. The van der Waals surface area contributed by atoms with Crippen LogP contribution in [0.2, 0.25) is 0 Å². The van der Waals surface area contributed by atoms with Gasteiger partial charge in [0, 0.05) is 31.2 Å². The summed E-state index contributed by atoms with van der Waals surface area (Å²) in [6.45, 7) is 5.41. The number of amides is 1. The highest BCUT2D eigenvalue weighted by Gasteiger charge is 2.35. The molecule has 0 radical (unpaired) electrons. The van der Waals surface area contributed by atoms with Gasteiger partial charge in [-0.2, -0.15) is 13.2 Å². The van der Waals surface area contributed by atoms with Crippen LogP contribution in [0.15, 0.2) is 12.4 Å². The number of alkyl halides is 3. The van der Waals surface area contributed by atoms with Crippen LogP contribution in [0.25, 0.3) is 5.57 Å². The lowest BCUT2D eigenvalue weighted by Crippen LogP contribution is -2.55. The number of hydrogen-bond acceptors (Lipinski definition) is 5. The van der Waals surface area contributed by atoms with E-state index in [2.05, 4.69) is 25.7 Å². The van der Waals surface area contributed by atoms with Crippen molar-refractivity contribution in [3.05, 3.63) is 23.7 Å². The Balaban J connectivity index is 1.74. The monoisotopic (exact) mass is 398 g/mol. The van der Waals surface area contributed by atoms with Crippen LogP contribution in [-0.4, -0.2) is 59.4 Å². The van der Waals surface area contributed by atoms with E-state index in [4.69, 9.17) is 0 Å². The van der Waals surface area contributed by atoms with E-state index in [0.29, 0.717) is 19.0 Å². The number of aromatic nitrogens is 2. The van der Waals surface area contributed by atoms with Gasteiger partial charge in [0.2, 0.25) is 0 Å². The van der Waals surface area contributed by atoms with Gasteiger partial charge in [0.1, 0.15) is 12.1 Å². The van der Waals surface area contributed by atoms with Gasteiger partial charge in [-0.1, -0.05) is 6.08 Å². The number of nitrogens with zero attached hydrogens (tertiary/aromatic N) is 4. The quantitative estimate of drug-likeness (QED) is 0.772. The normalized spacial score (nSPS) is 21.1. The van der Waals surface area contributed by atoms with Crippen molar-refractivity contribution in [3.8, 4) is 0 Å². The Labute approximate surface area is 162 Å². The topological polar surface area (TPSA) is 58.6 Å². The number of piperazine rings is 1. The average molecular weight is 398 g/mol. The predicted octanol–water partition coefficient (Wildman–Crippen LogP) is 3.81. The van der Waals surface area contributed by atoms with Crippen LogP contribution in [0.5, 0.6) is 0 Å². The Hall–Kier alpha value is -2.32. The van der Waals surface area contributed by atoms with Gasteiger partial charge in [-0.15, -0.1) is 0 Å². The molecule has 2 aliphatic rings. The van der Waals surface area contributed by atoms with E-state index in [9.17, 15) is 18.0 Å². The van der Waals surface area contributed by atoms with Crippen LogP contribution in [0.4, 0.5) is 23.8 Å². The van der Waals surface area contributed by atoms with Crippen molar-refractivity contribution < 1.29 is 22.7 Å². The number of ether oxygens (including phenoxy) is 1. The fourth-order valence-electron chi connectivity index (χ4n) is 3.67. The van der Waals surface area contributed by atoms with Crippen molar-refractivity contribution in [1.29, 1.82) is 0 Å². The molecule has 1 amide bonds. The highest BCUT2D eigenvalue weighted by Crippen LogP contribution is 2.45. The van der Waals surface area contributed by atoms with Gasteiger partial charge >= 0.3 is 12.3 Å². The van der Waals surface area contributed by atoms with Gasteiger partial charge in [-0.05, 0) is 45.1 Å². The molecule has 1 atom stereocenters. The molecule has 0 aromatic carbocycles. The van der Waals surface area contributed by atoms with Gasteiger partial charge < -0.3 is 14.5 Å². The third-order valence-corrected chi connectivity index (χ3v) is 5.15. The minimum Gasteiger partial charge on any atom is -0.440 e. The Morgan fingerprint density at radius 1 is 1.32 bits per heavy atom. The highest BCUT2D eigenvalue weighted by atomic mass is 19.4. The van der Waals surface area contributed by atoms with Crippen molar-refractivity contribution in [2.45, 2.75) is 45.8 Å². The van der Waals surface area contributed by atoms with Crippen molar-refractivity contribution in [3.63, 3.8) is 0 Å². The van der Waals surface area contributed by atoms with E-state index in [-0.39, 0.29) is 12.6 Å². The molecule has 2 fully saturated rings. The van der Waals surface area contributed by atoms with Crippen LogP contribution < -0.4 is 4.90 Å². The van der Waals surface area contributed by atoms with Crippen LogP contribution in [0.3, 0.4) is 0 Å². The van der Waals surface area contributed by atoms with Crippen molar-refractivity contribution in [2.75, 3.05) is 31.1 Å². The van der Waals surface area contributed by atoms with Crippen LogP contribution >= 0.6 is 0 Å². The first-order valence-electron chi connectivity index (χ1n) is 9.44. The maximum atomic E-state index is 12.3. The summed E-state index contributed by atoms with van der Waals surface area (Å²) in [6.07, 6.45) is 0.491. The third-order valence-electron chi connectivity index (χ3n) is 5.15. The van der Waals surface area contributed by atoms with E-state index in [0.717, 1.165) is 29.9 Å². The molecule has 1 aromatic heterocycles. The lowest BCUT2D eigenvalue weighted by Gasteiger charge is -2.40. The second-order valence-corrected chi connectivity index (χ2v) is 7.33. The molecular weight excluding hydrogens is 373 g/mol. The molecule has 1 aliphatic carbocycles. The molecular formula is C19H25F3N4O2.